The molecule has 0 unspecified atom stereocenters. The van der Waals surface area contributed by atoms with E-state index in [1.807, 2.05) is 60.7 Å². The normalized spacial score (nSPS) is 10.4. The Morgan fingerprint density at radius 2 is 1.77 bits per heavy atom. The number of carbonyl (C=O) groups excluding carboxylic acids is 1. The van der Waals surface area contributed by atoms with Crippen LogP contribution in [0.3, 0.4) is 0 Å². The first-order valence-corrected chi connectivity index (χ1v) is 7.08. The molecule has 0 radical (unpaired) electrons. The van der Waals surface area contributed by atoms with Gasteiger partial charge in [-0.2, -0.15) is 0 Å². The van der Waals surface area contributed by atoms with Crippen molar-refractivity contribution in [3.05, 3.63) is 72.8 Å². The van der Waals surface area contributed by atoms with Crippen LogP contribution in [0, 0.1) is 0 Å². The van der Waals surface area contributed by atoms with E-state index in [0.29, 0.717) is 5.82 Å². The van der Waals surface area contributed by atoms with Gasteiger partial charge in [-0.3, -0.25) is 9.69 Å². The lowest BCUT2D eigenvalue weighted by molar-refractivity contribution is -0.115. The van der Waals surface area contributed by atoms with E-state index in [1.54, 1.807) is 11.0 Å². The van der Waals surface area contributed by atoms with Crippen LogP contribution in [0.15, 0.2) is 67.2 Å². The summed E-state index contributed by atoms with van der Waals surface area (Å²) in [5, 5.41) is 1.03. The summed E-state index contributed by atoms with van der Waals surface area (Å²) in [6, 6.07) is 19.4. The molecule has 22 heavy (non-hydrogen) atoms. The second kappa shape index (κ2) is 5.82. The predicted molar refractivity (Wildman–Crippen MR) is 91.1 cm³/mol. The molecule has 0 saturated heterocycles. The first-order valence-electron chi connectivity index (χ1n) is 7.08. The molecule has 0 aliphatic rings. The lowest BCUT2D eigenvalue weighted by Crippen LogP contribution is -2.24. The highest BCUT2D eigenvalue weighted by Gasteiger charge is 2.18. The van der Waals surface area contributed by atoms with Gasteiger partial charge in [0.25, 0.3) is 0 Å². The average molecular weight is 288 g/mol. The molecule has 0 atom stereocenters. The van der Waals surface area contributed by atoms with E-state index in [4.69, 9.17) is 0 Å². The van der Waals surface area contributed by atoms with Crippen LogP contribution in [0.1, 0.15) is 12.5 Å². The zero-order chi connectivity index (χ0) is 15.5. The van der Waals surface area contributed by atoms with Crippen LogP contribution < -0.4 is 4.90 Å². The minimum absolute atomic E-state index is 0.0860. The van der Waals surface area contributed by atoms with E-state index in [0.717, 1.165) is 22.2 Å². The Labute approximate surface area is 129 Å². The maximum Gasteiger partial charge on any atom is 0.229 e. The monoisotopic (exact) mass is 288 g/mol. The van der Waals surface area contributed by atoms with Crippen molar-refractivity contribution in [1.82, 2.24) is 4.98 Å². The van der Waals surface area contributed by atoms with E-state index >= 15 is 0 Å². The summed E-state index contributed by atoms with van der Waals surface area (Å²) in [7, 11) is 0. The van der Waals surface area contributed by atoms with Gasteiger partial charge in [0, 0.05) is 17.9 Å². The zero-order valence-corrected chi connectivity index (χ0v) is 12.4. The molecule has 0 aliphatic carbocycles. The number of para-hydroxylation sites is 2. The zero-order valence-electron chi connectivity index (χ0n) is 12.4. The highest BCUT2D eigenvalue weighted by atomic mass is 16.2. The van der Waals surface area contributed by atoms with Gasteiger partial charge in [0.05, 0.1) is 11.2 Å². The van der Waals surface area contributed by atoms with Crippen LogP contribution in [-0.2, 0) is 4.79 Å². The van der Waals surface area contributed by atoms with Crippen molar-refractivity contribution in [2.24, 2.45) is 0 Å². The third kappa shape index (κ3) is 2.49. The molecular weight excluding hydrogens is 272 g/mol. The number of benzene rings is 2. The fraction of sp³-hybridized carbons (Fsp3) is 0.0526. The van der Waals surface area contributed by atoms with Crippen molar-refractivity contribution in [3.63, 3.8) is 0 Å². The summed E-state index contributed by atoms with van der Waals surface area (Å²) in [4.78, 5) is 18.5. The van der Waals surface area contributed by atoms with Crippen LogP contribution in [0.5, 0.6) is 0 Å². The van der Waals surface area contributed by atoms with E-state index < -0.39 is 0 Å². The number of rotatable bonds is 3. The molecule has 0 aliphatic heterocycles. The van der Waals surface area contributed by atoms with Gasteiger partial charge in [0.1, 0.15) is 5.82 Å². The summed E-state index contributed by atoms with van der Waals surface area (Å²) < 4.78 is 0. The smallest absolute Gasteiger partial charge is 0.229 e. The SMILES string of the molecule is C=Cc1cc2ccccc2nc1N(C(C)=O)c1ccccc1. The third-order valence-electron chi connectivity index (χ3n) is 3.49. The van der Waals surface area contributed by atoms with E-state index in [9.17, 15) is 4.79 Å². The summed E-state index contributed by atoms with van der Waals surface area (Å²) in [5.41, 5.74) is 2.48. The molecule has 0 bridgehead atoms. The van der Waals surface area contributed by atoms with Crippen LogP contribution in [0.2, 0.25) is 0 Å². The highest BCUT2D eigenvalue weighted by Crippen LogP contribution is 2.30. The highest BCUT2D eigenvalue weighted by molar-refractivity contribution is 6.01. The van der Waals surface area contributed by atoms with Gasteiger partial charge < -0.3 is 0 Å². The summed E-state index contributed by atoms with van der Waals surface area (Å²) in [6.45, 7) is 5.39. The van der Waals surface area contributed by atoms with Crippen molar-refractivity contribution in [1.29, 1.82) is 0 Å². The number of carbonyl (C=O) groups is 1. The molecule has 0 fully saturated rings. The van der Waals surface area contributed by atoms with Gasteiger partial charge in [-0.05, 0) is 24.3 Å². The number of aromatic nitrogens is 1. The van der Waals surface area contributed by atoms with E-state index in [-0.39, 0.29) is 5.91 Å². The Bertz CT molecular complexity index is 840. The molecule has 3 heteroatoms. The minimum Gasteiger partial charge on any atom is -0.274 e. The molecule has 108 valence electrons. The quantitative estimate of drug-likeness (QED) is 0.707. The molecule has 0 N–H and O–H groups in total. The van der Waals surface area contributed by atoms with E-state index in [2.05, 4.69) is 11.6 Å². The number of fused-ring (bicyclic) bond motifs is 1. The molecule has 1 amide bonds. The van der Waals surface area contributed by atoms with Crippen LogP contribution >= 0.6 is 0 Å². The van der Waals surface area contributed by atoms with Gasteiger partial charge in [-0.15, -0.1) is 0 Å². The van der Waals surface area contributed by atoms with Crippen LogP contribution in [0.25, 0.3) is 17.0 Å². The van der Waals surface area contributed by atoms with E-state index in [1.165, 1.54) is 6.92 Å². The summed E-state index contributed by atoms with van der Waals surface area (Å²) >= 11 is 0. The lowest BCUT2D eigenvalue weighted by atomic mass is 10.1. The molecule has 3 rings (SSSR count). The third-order valence-corrected chi connectivity index (χ3v) is 3.49. The molecule has 1 aromatic heterocycles. The molecule has 0 spiro atoms. The number of nitrogens with zero attached hydrogens (tertiary/aromatic N) is 2. The number of amides is 1. The fourth-order valence-corrected chi connectivity index (χ4v) is 2.48. The Morgan fingerprint density at radius 1 is 1.09 bits per heavy atom. The second-order valence-electron chi connectivity index (χ2n) is 4.99. The molecular formula is C19H16N2O. The number of hydrogen-bond donors (Lipinski definition) is 0. The number of pyridine rings is 1. The molecule has 3 aromatic rings. The topological polar surface area (TPSA) is 33.2 Å². The number of hydrogen-bond acceptors (Lipinski definition) is 2. The second-order valence-corrected chi connectivity index (χ2v) is 4.99. The van der Waals surface area contributed by atoms with Gasteiger partial charge in [-0.25, -0.2) is 4.98 Å². The maximum absolute atomic E-state index is 12.2. The van der Waals surface area contributed by atoms with Gasteiger partial charge in [0.15, 0.2) is 0 Å². The van der Waals surface area contributed by atoms with Crippen LogP contribution in [0.4, 0.5) is 11.5 Å². The first-order chi connectivity index (χ1) is 10.7. The Kier molecular flexibility index (Phi) is 3.71. The first kappa shape index (κ1) is 14.0. The largest absolute Gasteiger partial charge is 0.274 e. The lowest BCUT2D eigenvalue weighted by Gasteiger charge is -2.22. The van der Waals surface area contributed by atoms with Crippen LogP contribution in [-0.4, -0.2) is 10.9 Å². The molecule has 1 heterocycles. The standard InChI is InChI=1S/C19H16N2O/c1-3-15-13-16-9-7-8-12-18(16)20-19(15)21(14(2)22)17-10-5-4-6-11-17/h3-13H,1H2,2H3. The molecule has 3 nitrogen and oxygen atoms in total. The summed E-state index contributed by atoms with van der Waals surface area (Å²) in [6.07, 6.45) is 1.73. The van der Waals surface area contributed by atoms with Gasteiger partial charge >= 0.3 is 0 Å². The van der Waals surface area contributed by atoms with Crippen molar-refractivity contribution in [3.8, 4) is 0 Å². The predicted octanol–water partition coefficient (Wildman–Crippen LogP) is 4.56. The number of anilines is 2. The summed E-state index contributed by atoms with van der Waals surface area (Å²) in [5.74, 6) is 0.518. The molecule has 0 saturated carbocycles. The Hall–Kier alpha value is -2.94. The average Bonchev–Trinajstić information content (AvgIpc) is 2.55. The van der Waals surface area contributed by atoms with Crippen molar-refractivity contribution < 1.29 is 4.79 Å². The maximum atomic E-state index is 12.2. The van der Waals surface area contributed by atoms with Gasteiger partial charge in [-0.1, -0.05) is 49.1 Å². The fourth-order valence-electron chi connectivity index (χ4n) is 2.48. The Balaban J connectivity index is 2.25. The van der Waals surface area contributed by atoms with Gasteiger partial charge in [0.2, 0.25) is 5.91 Å². The minimum atomic E-state index is -0.0860. The van der Waals surface area contributed by atoms with Crippen molar-refractivity contribution in [2.45, 2.75) is 6.92 Å². The Morgan fingerprint density at radius 3 is 2.45 bits per heavy atom. The molecule has 2 aromatic carbocycles. The van der Waals surface area contributed by atoms with Crippen molar-refractivity contribution >= 4 is 34.4 Å². The van der Waals surface area contributed by atoms with Crippen molar-refractivity contribution in [2.75, 3.05) is 4.90 Å².